The van der Waals surface area contributed by atoms with Crippen molar-refractivity contribution in [2.45, 2.75) is 19.4 Å². The Balaban J connectivity index is 2.21. The Morgan fingerprint density at radius 3 is 3.11 bits per heavy atom. The van der Waals surface area contributed by atoms with Crippen LogP contribution in [0.5, 0.6) is 0 Å². The molecule has 1 saturated heterocycles. The van der Waals surface area contributed by atoms with Crippen molar-refractivity contribution >= 4 is 23.1 Å². The van der Waals surface area contributed by atoms with Gasteiger partial charge in [0.1, 0.15) is 6.20 Å². The highest BCUT2D eigenvalue weighted by Gasteiger charge is 2.25. The second kappa shape index (κ2) is 5.45. The van der Waals surface area contributed by atoms with Crippen LogP contribution in [0.3, 0.4) is 0 Å². The van der Waals surface area contributed by atoms with Gasteiger partial charge in [0.05, 0.1) is 11.5 Å². The highest BCUT2D eigenvalue weighted by molar-refractivity contribution is 6.28. The first-order valence-corrected chi connectivity index (χ1v) is 5.97. The van der Waals surface area contributed by atoms with E-state index in [1.165, 1.54) is 0 Å². The molecular formula is C10H13ClN4O3. The van der Waals surface area contributed by atoms with E-state index in [-0.39, 0.29) is 28.7 Å². The number of nitrogens with one attached hydrogen (secondary N) is 1. The van der Waals surface area contributed by atoms with Crippen molar-refractivity contribution in [2.75, 3.05) is 18.5 Å². The summed E-state index contributed by atoms with van der Waals surface area (Å²) in [6.45, 7) is 3.28. The van der Waals surface area contributed by atoms with Crippen LogP contribution in [-0.2, 0) is 4.74 Å². The number of nitrogens with zero attached hydrogens (tertiary/aromatic N) is 3. The van der Waals surface area contributed by atoms with Gasteiger partial charge in [0.25, 0.3) is 0 Å². The van der Waals surface area contributed by atoms with E-state index in [0.717, 1.165) is 12.6 Å². The van der Waals surface area contributed by atoms with Crippen molar-refractivity contribution in [2.24, 2.45) is 5.92 Å². The highest BCUT2D eigenvalue weighted by Crippen LogP contribution is 2.26. The normalized spacial score (nSPS) is 23.7. The number of rotatable bonds is 3. The van der Waals surface area contributed by atoms with Gasteiger partial charge in [-0.05, 0) is 23.9 Å². The number of anilines is 1. The lowest BCUT2D eigenvalue weighted by Gasteiger charge is -2.29. The first-order chi connectivity index (χ1) is 8.58. The topological polar surface area (TPSA) is 90.2 Å². The predicted molar refractivity (Wildman–Crippen MR) is 65.7 cm³/mol. The van der Waals surface area contributed by atoms with Gasteiger partial charge >= 0.3 is 5.69 Å². The number of halogens is 1. The van der Waals surface area contributed by atoms with Crippen molar-refractivity contribution in [3.8, 4) is 0 Å². The fourth-order valence-electron chi connectivity index (χ4n) is 1.86. The number of ether oxygens (including phenoxy) is 1. The zero-order chi connectivity index (χ0) is 13.1. The molecule has 0 bridgehead atoms. The summed E-state index contributed by atoms with van der Waals surface area (Å²) in [4.78, 5) is 17.9. The van der Waals surface area contributed by atoms with E-state index in [9.17, 15) is 10.1 Å². The molecule has 0 aromatic carbocycles. The van der Waals surface area contributed by atoms with Crippen LogP contribution in [0, 0.1) is 16.0 Å². The summed E-state index contributed by atoms with van der Waals surface area (Å²) >= 11 is 5.67. The van der Waals surface area contributed by atoms with E-state index in [2.05, 4.69) is 15.3 Å². The minimum Gasteiger partial charge on any atom is -0.381 e. The van der Waals surface area contributed by atoms with Crippen LogP contribution in [-0.4, -0.2) is 34.1 Å². The van der Waals surface area contributed by atoms with Crippen molar-refractivity contribution in [1.82, 2.24) is 9.97 Å². The van der Waals surface area contributed by atoms with E-state index < -0.39 is 4.92 Å². The molecule has 1 aromatic rings. The van der Waals surface area contributed by atoms with Crippen LogP contribution in [0.1, 0.15) is 13.3 Å². The van der Waals surface area contributed by atoms with Gasteiger partial charge in [0.2, 0.25) is 11.1 Å². The number of aromatic nitrogens is 2. The van der Waals surface area contributed by atoms with Gasteiger partial charge in [-0.2, -0.15) is 4.98 Å². The molecule has 1 aliphatic rings. The average Bonchev–Trinajstić information content (AvgIpc) is 2.32. The van der Waals surface area contributed by atoms with Crippen LogP contribution >= 0.6 is 11.6 Å². The van der Waals surface area contributed by atoms with Crippen LogP contribution in [0.4, 0.5) is 11.5 Å². The number of nitro groups is 1. The second-order valence-electron chi connectivity index (χ2n) is 4.22. The predicted octanol–water partition coefficient (Wildman–Crippen LogP) is 1.88. The van der Waals surface area contributed by atoms with Crippen LogP contribution in [0.2, 0.25) is 5.28 Å². The van der Waals surface area contributed by atoms with Gasteiger partial charge in [-0.3, -0.25) is 10.1 Å². The molecule has 2 atom stereocenters. The molecule has 0 unspecified atom stereocenters. The van der Waals surface area contributed by atoms with Crippen LogP contribution in [0.15, 0.2) is 6.20 Å². The maximum absolute atomic E-state index is 10.9. The molecule has 0 saturated carbocycles. The maximum Gasteiger partial charge on any atom is 0.329 e. The molecular weight excluding hydrogens is 260 g/mol. The SMILES string of the molecule is C[C@H]1COCC[C@H]1Nc1nc(Cl)ncc1[N+](=O)[O-]. The Hall–Kier alpha value is -1.47. The second-order valence-corrected chi connectivity index (χ2v) is 4.56. The standard InChI is InChI=1S/C10H13ClN4O3/c1-6-5-18-3-2-7(6)13-9-8(15(16)17)4-12-10(11)14-9/h4,6-7H,2-3,5H2,1H3,(H,12,13,14)/t6-,7+/m0/s1. The minimum absolute atomic E-state index is 0.0113. The van der Waals surface area contributed by atoms with Gasteiger partial charge in [-0.15, -0.1) is 0 Å². The van der Waals surface area contributed by atoms with Gasteiger partial charge in [-0.1, -0.05) is 6.92 Å². The molecule has 0 radical (unpaired) electrons. The fraction of sp³-hybridized carbons (Fsp3) is 0.600. The third kappa shape index (κ3) is 2.85. The Kier molecular flexibility index (Phi) is 3.93. The number of hydrogen-bond donors (Lipinski definition) is 1. The van der Waals surface area contributed by atoms with Crippen molar-refractivity contribution < 1.29 is 9.66 Å². The number of hydrogen-bond acceptors (Lipinski definition) is 6. The summed E-state index contributed by atoms with van der Waals surface area (Å²) in [5.41, 5.74) is -0.168. The van der Waals surface area contributed by atoms with E-state index in [1.807, 2.05) is 6.92 Å². The van der Waals surface area contributed by atoms with Gasteiger partial charge in [0, 0.05) is 12.6 Å². The molecule has 7 nitrogen and oxygen atoms in total. The summed E-state index contributed by atoms with van der Waals surface area (Å²) in [5, 5.41) is 13.9. The Morgan fingerprint density at radius 1 is 1.67 bits per heavy atom. The molecule has 0 spiro atoms. The summed E-state index contributed by atoms with van der Waals surface area (Å²) < 4.78 is 5.32. The molecule has 18 heavy (non-hydrogen) atoms. The Labute approximate surface area is 109 Å². The zero-order valence-electron chi connectivity index (χ0n) is 9.80. The van der Waals surface area contributed by atoms with Gasteiger partial charge in [-0.25, -0.2) is 4.98 Å². The van der Waals surface area contributed by atoms with E-state index in [0.29, 0.717) is 13.2 Å². The average molecular weight is 273 g/mol. The summed E-state index contributed by atoms with van der Waals surface area (Å²) in [6.07, 6.45) is 1.89. The summed E-state index contributed by atoms with van der Waals surface area (Å²) in [5.74, 6) is 0.422. The zero-order valence-corrected chi connectivity index (χ0v) is 10.6. The summed E-state index contributed by atoms with van der Waals surface area (Å²) in [6, 6.07) is 0.0865. The van der Waals surface area contributed by atoms with Gasteiger partial charge < -0.3 is 10.1 Å². The minimum atomic E-state index is -0.525. The first kappa shape index (κ1) is 13.0. The third-order valence-electron chi connectivity index (χ3n) is 2.90. The monoisotopic (exact) mass is 272 g/mol. The molecule has 8 heteroatoms. The molecule has 1 fully saturated rings. The smallest absolute Gasteiger partial charge is 0.329 e. The first-order valence-electron chi connectivity index (χ1n) is 5.59. The van der Waals surface area contributed by atoms with E-state index >= 15 is 0 Å². The lowest BCUT2D eigenvalue weighted by atomic mass is 9.98. The Bertz CT molecular complexity index is 457. The van der Waals surface area contributed by atoms with E-state index in [1.54, 1.807) is 0 Å². The Morgan fingerprint density at radius 2 is 2.44 bits per heavy atom. The fourth-order valence-corrected chi connectivity index (χ4v) is 2.00. The van der Waals surface area contributed by atoms with Gasteiger partial charge in [0.15, 0.2) is 0 Å². The van der Waals surface area contributed by atoms with Crippen molar-refractivity contribution in [1.29, 1.82) is 0 Å². The van der Waals surface area contributed by atoms with Crippen LogP contribution in [0.25, 0.3) is 0 Å². The highest BCUT2D eigenvalue weighted by atomic mass is 35.5. The summed E-state index contributed by atoms with van der Waals surface area (Å²) in [7, 11) is 0. The van der Waals surface area contributed by atoms with E-state index in [4.69, 9.17) is 16.3 Å². The lowest BCUT2D eigenvalue weighted by Crippen LogP contribution is -2.36. The third-order valence-corrected chi connectivity index (χ3v) is 3.08. The molecule has 1 aliphatic heterocycles. The lowest BCUT2D eigenvalue weighted by molar-refractivity contribution is -0.384. The molecule has 0 aliphatic carbocycles. The maximum atomic E-state index is 10.9. The molecule has 1 N–H and O–H groups in total. The molecule has 98 valence electrons. The largest absolute Gasteiger partial charge is 0.381 e. The molecule has 1 aromatic heterocycles. The molecule has 2 heterocycles. The molecule has 0 amide bonds. The molecule has 2 rings (SSSR count). The quantitative estimate of drug-likeness (QED) is 0.513. The van der Waals surface area contributed by atoms with Crippen molar-refractivity contribution in [3.05, 3.63) is 21.6 Å². The van der Waals surface area contributed by atoms with Crippen molar-refractivity contribution in [3.63, 3.8) is 0 Å². The van der Waals surface area contributed by atoms with Crippen LogP contribution < -0.4 is 5.32 Å².